The summed E-state index contributed by atoms with van der Waals surface area (Å²) >= 11 is 5.92. The number of carbonyl (C=O) groups is 1. The van der Waals surface area contributed by atoms with Crippen molar-refractivity contribution in [3.8, 4) is 5.75 Å². The zero-order valence-electron chi connectivity index (χ0n) is 17.6. The Bertz CT molecular complexity index is 1210. The Morgan fingerprint density at radius 3 is 2.53 bits per heavy atom. The molecule has 0 atom stereocenters. The number of ether oxygens (including phenoxy) is 2. The second-order valence-electron chi connectivity index (χ2n) is 6.94. The lowest BCUT2D eigenvalue weighted by Gasteiger charge is -2.14. The lowest BCUT2D eigenvalue weighted by molar-refractivity contribution is 0.102. The molecule has 32 heavy (non-hydrogen) atoms. The van der Waals surface area contributed by atoms with Gasteiger partial charge >= 0.3 is 0 Å². The van der Waals surface area contributed by atoms with E-state index in [-0.39, 0.29) is 10.5 Å². The maximum absolute atomic E-state index is 12.8. The molecule has 0 aromatic heterocycles. The summed E-state index contributed by atoms with van der Waals surface area (Å²) < 4.78 is 38.7. The van der Waals surface area contributed by atoms with Gasteiger partial charge in [-0.05, 0) is 61.0 Å². The zero-order chi connectivity index (χ0) is 23.1. The number of halogens is 1. The molecular weight excluding hydrogens is 452 g/mol. The number of amides is 1. The molecule has 168 valence electrons. The van der Waals surface area contributed by atoms with Gasteiger partial charge in [0.2, 0.25) is 0 Å². The fourth-order valence-electron chi connectivity index (χ4n) is 2.85. The monoisotopic (exact) mass is 474 g/mol. The molecule has 3 aromatic carbocycles. The molecule has 9 heteroatoms. The van der Waals surface area contributed by atoms with E-state index >= 15 is 0 Å². The Morgan fingerprint density at radius 1 is 1.00 bits per heavy atom. The van der Waals surface area contributed by atoms with Gasteiger partial charge in [-0.15, -0.1) is 0 Å². The van der Waals surface area contributed by atoms with Crippen LogP contribution in [0.4, 0.5) is 11.4 Å². The van der Waals surface area contributed by atoms with E-state index in [1.165, 1.54) is 30.3 Å². The van der Waals surface area contributed by atoms with Gasteiger partial charge in [0.15, 0.2) is 0 Å². The third kappa shape index (κ3) is 6.23. The molecule has 1 amide bonds. The predicted molar refractivity (Wildman–Crippen MR) is 125 cm³/mol. The molecule has 2 N–H and O–H groups in total. The van der Waals surface area contributed by atoms with E-state index in [9.17, 15) is 13.2 Å². The lowest BCUT2D eigenvalue weighted by Crippen LogP contribution is -2.16. The van der Waals surface area contributed by atoms with Crippen molar-refractivity contribution in [2.24, 2.45) is 0 Å². The molecule has 0 heterocycles. The molecule has 0 aliphatic carbocycles. The third-order valence-electron chi connectivity index (χ3n) is 4.41. The van der Waals surface area contributed by atoms with Crippen LogP contribution in [0.25, 0.3) is 0 Å². The number of rotatable bonds is 9. The maximum Gasteiger partial charge on any atom is 0.261 e. The Balaban J connectivity index is 1.80. The van der Waals surface area contributed by atoms with Gasteiger partial charge in [0.05, 0.1) is 22.9 Å². The Labute approximate surface area is 192 Å². The molecule has 0 saturated heterocycles. The van der Waals surface area contributed by atoms with Gasteiger partial charge in [0, 0.05) is 17.7 Å². The summed E-state index contributed by atoms with van der Waals surface area (Å²) in [5, 5.41) is 3.18. The summed E-state index contributed by atoms with van der Waals surface area (Å²) in [7, 11) is -2.34. The normalized spacial score (nSPS) is 11.1. The number of sulfonamides is 1. The van der Waals surface area contributed by atoms with Crippen LogP contribution in [-0.4, -0.2) is 34.6 Å². The molecule has 3 aromatic rings. The highest BCUT2D eigenvalue weighted by atomic mass is 35.5. The third-order valence-corrected chi connectivity index (χ3v) is 6.03. The van der Waals surface area contributed by atoms with Crippen molar-refractivity contribution >= 4 is 38.9 Å². The highest BCUT2D eigenvalue weighted by Crippen LogP contribution is 2.27. The number of hydrogen-bond donors (Lipinski definition) is 2. The molecule has 0 fully saturated rings. The molecule has 0 aliphatic heterocycles. The van der Waals surface area contributed by atoms with Crippen molar-refractivity contribution in [3.63, 3.8) is 0 Å². The van der Waals surface area contributed by atoms with Crippen LogP contribution in [0.1, 0.15) is 15.9 Å². The molecule has 0 radical (unpaired) electrons. The molecule has 0 saturated carbocycles. The van der Waals surface area contributed by atoms with E-state index in [0.717, 1.165) is 5.56 Å². The van der Waals surface area contributed by atoms with Gasteiger partial charge < -0.3 is 14.8 Å². The van der Waals surface area contributed by atoms with Crippen molar-refractivity contribution in [2.75, 3.05) is 30.4 Å². The number of anilines is 2. The minimum atomic E-state index is -3.91. The van der Waals surface area contributed by atoms with Crippen molar-refractivity contribution < 1.29 is 22.7 Å². The number of benzene rings is 3. The largest absolute Gasteiger partial charge is 0.489 e. The van der Waals surface area contributed by atoms with E-state index in [2.05, 4.69) is 10.0 Å². The van der Waals surface area contributed by atoms with Gasteiger partial charge in [-0.3, -0.25) is 9.52 Å². The summed E-state index contributed by atoms with van der Waals surface area (Å²) in [6.07, 6.45) is 0. The van der Waals surface area contributed by atoms with E-state index < -0.39 is 15.9 Å². The SMILES string of the molecule is COCCOc1cc(C)ccc1NC(=O)c1cccc(S(=O)(=O)Nc2cccc(Cl)c2)c1. The van der Waals surface area contributed by atoms with E-state index in [1.807, 2.05) is 13.0 Å². The van der Waals surface area contributed by atoms with Gasteiger partial charge in [-0.2, -0.15) is 0 Å². The Kier molecular flexibility index (Phi) is 7.74. The van der Waals surface area contributed by atoms with Crippen LogP contribution in [0, 0.1) is 6.92 Å². The number of carbonyl (C=O) groups excluding carboxylic acids is 1. The molecule has 7 nitrogen and oxygen atoms in total. The topological polar surface area (TPSA) is 93.7 Å². The number of aryl methyl sites for hydroxylation is 1. The average Bonchev–Trinajstić information content (AvgIpc) is 2.75. The molecule has 0 unspecified atom stereocenters. The van der Waals surface area contributed by atoms with Crippen LogP contribution >= 0.6 is 11.6 Å². The summed E-state index contributed by atoms with van der Waals surface area (Å²) in [6.45, 7) is 2.64. The molecule has 3 rings (SSSR count). The average molecular weight is 475 g/mol. The summed E-state index contributed by atoms with van der Waals surface area (Å²) in [5.74, 6) is 0.0343. The standard InChI is InChI=1S/C23H23ClN2O5S/c1-16-9-10-21(22(13-16)31-12-11-30-2)25-23(27)17-5-3-8-20(14-17)32(28,29)26-19-7-4-6-18(24)15-19/h3-10,13-15,26H,11-12H2,1-2H3,(H,25,27). The smallest absolute Gasteiger partial charge is 0.261 e. The van der Waals surface area contributed by atoms with Crippen LogP contribution < -0.4 is 14.8 Å². The molecule has 0 spiro atoms. The van der Waals surface area contributed by atoms with Crippen molar-refractivity contribution in [1.82, 2.24) is 0 Å². The van der Waals surface area contributed by atoms with E-state index in [0.29, 0.717) is 35.4 Å². The highest BCUT2D eigenvalue weighted by molar-refractivity contribution is 7.92. The second kappa shape index (κ2) is 10.5. The Morgan fingerprint density at radius 2 is 1.78 bits per heavy atom. The van der Waals surface area contributed by atoms with Crippen molar-refractivity contribution in [3.05, 3.63) is 82.9 Å². The number of nitrogens with one attached hydrogen (secondary N) is 2. The van der Waals surface area contributed by atoms with Crippen LogP contribution in [0.5, 0.6) is 5.75 Å². The first-order valence-electron chi connectivity index (χ1n) is 9.71. The van der Waals surface area contributed by atoms with Gasteiger partial charge in [0.1, 0.15) is 12.4 Å². The minimum absolute atomic E-state index is 0.0504. The highest BCUT2D eigenvalue weighted by Gasteiger charge is 2.18. The molecule has 0 bridgehead atoms. The zero-order valence-corrected chi connectivity index (χ0v) is 19.2. The van der Waals surface area contributed by atoms with Gasteiger partial charge in [-0.25, -0.2) is 8.42 Å². The minimum Gasteiger partial charge on any atom is -0.489 e. The van der Waals surface area contributed by atoms with Crippen LogP contribution in [0.15, 0.2) is 71.6 Å². The fraction of sp³-hybridized carbons (Fsp3) is 0.174. The first-order valence-corrected chi connectivity index (χ1v) is 11.6. The van der Waals surface area contributed by atoms with Crippen LogP contribution in [0.3, 0.4) is 0 Å². The van der Waals surface area contributed by atoms with Crippen molar-refractivity contribution in [2.45, 2.75) is 11.8 Å². The van der Waals surface area contributed by atoms with E-state index in [4.69, 9.17) is 21.1 Å². The van der Waals surface area contributed by atoms with Gasteiger partial charge in [0.25, 0.3) is 15.9 Å². The first-order chi connectivity index (χ1) is 15.3. The van der Waals surface area contributed by atoms with Gasteiger partial charge in [-0.1, -0.05) is 29.8 Å². The summed E-state index contributed by atoms with van der Waals surface area (Å²) in [5.41, 5.74) is 1.95. The number of methoxy groups -OCH3 is 1. The van der Waals surface area contributed by atoms with Crippen LogP contribution in [0.2, 0.25) is 5.02 Å². The van der Waals surface area contributed by atoms with E-state index in [1.54, 1.807) is 37.4 Å². The lowest BCUT2D eigenvalue weighted by atomic mass is 10.2. The first kappa shape index (κ1) is 23.6. The maximum atomic E-state index is 12.8. The molecule has 0 aliphatic rings. The van der Waals surface area contributed by atoms with Crippen LogP contribution in [-0.2, 0) is 14.8 Å². The summed E-state index contributed by atoms with van der Waals surface area (Å²) in [6, 6.07) is 17.5. The fourth-order valence-corrected chi connectivity index (χ4v) is 4.14. The quantitative estimate of drug-likeness (QED) is 0.437. The Hall–Kier alpha value is -3.07. The second-order valence-corrected chi connectivity index (χ2v) is 9.06. The predicted octanol–water partition coefficient (Wildman–Crippen LogP) is 4.73. The summed E-state index contributed by atoms with van der Waals surface area (Å²) in [4.78, 5) is 12.8. The van der Waals surface area contributed by atoms with Crippen molar-refractivity contribution in [1.29, 1.82) is 0 Å². The molecular formula is C23H23ClN2O5S. The number of hydrogen-bond acceptors (Lipinski definition) is 5.